The molecule has 2 aliphatic rings. The highest BCUT2D eigenvalue weighted by Gasteiger charge is 2.43. The molecule has 8 heteroatoms. The number of para-hydroxylation sites is 1. The van der Waals surface area contributed by atoms with E-state index in [2.05, 4.69) is 225 Å². The fourth-order valence-corrected chi connectivity index (χ4v) is 10.5. The van der Waals surface area contributed by atoms with Gasteiger partial charge in [-0.2, -0.15) is 4.58 Å². The van der Waals surface area contributed by atoms with Crippen LogP contribution in [0.1, 0.15) is 76.6 Å². The lowest BCUT2D eigenvalue weighted by atomic mass is 9.80. The first-order chi connectivity index (χ1) is 34.1. The smallest absolute Gasteiger partial charge is 0.246 e. The average molecular weight is 944 g/mol. The second-order valence-electron chi connectivity index (χ2n) is 20.3. The fraction of sp³-hybridized carbons (Fsp3) is 0.286. The van der Waals surface area contributed by atoms with Crippen molar-refractivity contribution < 1.29 is 14.2 Å². The Hall–Kier alpha value is -7.13. The number of likely N-dealkylation sites (N-methyl/N-ethyl adjacent to an activating group) is 1. The summed E-state index contributed by atoms with van der Waals surface area (Å²) in [5.41, 5.74) is 15.7. The van der Waals surface area contributed by atoms with Gasteiger partial charge < -0.3 is 26.2 Å². The highest BCUT2D eigenvalue weighted by Crippen LogP contribution is 2.47. The van der Waals surface area contributed by atoms with Gasteiger partial charge in [0.15, 0.2) is 5.71 Å². The van der Waals surface area contributed by atoms with E-state index in [0.29, 0.717) is 37.3 Å². The molecule has 0 atom stereocenters. The molecule has 2 aliphatic heterocycles. The summed E-state index contributed by atoms with van der Waals surface area (Å²) in [5.74, 6) is -0.212. The first-order valence-electron chi connectivity index (χ1n) is 25.1. The molecule has 0 aromatic heterocycles. The van der Waals surface area contributed by atoms with E-state index < -0.39 is 0 Å². The number of rotatable bonds is 19. The van der Waals surface area contributed by atoms with Gasteiger partial charge >= 0.3 is 0 Å². The van der Waals surface area contributed by atoms with Crippen molar-refractivity contribution in [2.45, 2.75) is 78.3 Å². The van der Waals surface area contributed by atoms with Gasteiger partial charge in [0.05, 0.1) is 5.41 Å². The maximum atomic E-state index is 12.1. The topological polar surface area (TPSA) is 88.5 Å². The Morgan fingerprint density at radius 3 is 1.76 bits per heavy atom. The Morgan fingerprint density at radius 1 is 0.592 bits per heavy atom. The molecule has 0 radical (unpaired) electrons. The van der Waals surface area contributed by atoms with Crippen molar-refractivity contribution >= 4 is 50.4 Å². The van der Waals surface area contributed by atoms with Gasteiger partial charge in [-0.3, -0.25) is 9.59 Å². The van der Waals surface area contributed by atoms with Crippen LogP contribution in [0.3, 0.4) is 0 Å². The summed E-state index contributed by atoms with van der Waals surface area (Å²) in [6.07, 6.45) is 12.6. The van der Waals surface area contributed by atoms with E-state index in [1.807, 2.05) is 0 Å². The molecule has 6 aromatic carbocycles. The summed E-state index contributed by atoms with van der Waals surface area (Å²) >= 11 is 0. The van der Waals surface area contributed by atoms with Crippen LogP contribution >= 0.6 is 0 Å². The van der Waals surface area contributed by atoms with Crippen LogP contribution in [0.4, 0.5) is 11.4 Å². The Bertz CT molecular complexity index is 3180. The van der Waals surface area contributed by atoms with Crippen molar-refractivity contribution in [3.8, 4) is 22.3 Å². The molecule has 2 amide bonds. The van der Waals surface area contributed by atoms with Crippen LogP contribution in [0.5, 0.6) is 0 Å². The number of nitrogens with one attached hydrogen (secondary N) is 4. The van der Waals surface area contributed by atoms with E-state index in [1.165, 1.54) is 77.7 Å². The number of carbonyl (C=O) groups excluding carboxylic acids is 2. The number of benzene rings is 6. The molecule has 8 nitrogen and oxygen atoms in total. The maximum absolute atomic E-state index is 12.1. The van der Waals surface area contributed by atoms with Gasteiger partial charge in [0.2, 0.25) is 17.5 Å². The van der Waals surface area contributed by atoms with Crippen LogP contribution in [0, 0.1) is 0 Å². The molecule has 364 valence electrons. The molecule has 0 saturated carbocycles. The first-order valence-corrected chi connectivity index (χ1v) is 25.1. The second kappa shape index (κ2) is 21.5. The normalized spacial score (nSPS) is 15.3. The summed E-state index contributed by atoms with van der Waals surface area (Å²) in [6, 6.07) is 40.2. The van der Waals surface area contributed by atoms with Gasteiger partial charge in [0.1, 0.15) is 7.05 Å². The van der Waals surface area contributed by atoms with E-state index in [1.54, 1.807) is 13.8 Å². The number of allylic oxidation sites excluding steroid dienone is 6. The van der Waals surface area contributed by atoms with Crippen LogP contribution in [0.15, 0.2) is 170 Å². The monoisotopic (exact) mass is 944 g/mol. The molecule has 0 bridgehead atoms. The Kier molecular flexibility index (Phi) is 15.2. The molecule has 6 aromatic rings. The Balaban J connectivity index is 1.05. The lowest BCUT2D eigenvalue weighted by molar-refractivity contribution is -0.401. The average Bonchev–Trinajstić information content (AvgIpc) is 3.68. The number of nitrogens with zero attached hydrogens (tertiary/aromatic N) is 2. The molecule has 2 heterocycles. The number of carbonyl (C=O) groups is 2. The highest BCUT2D eigenvalue weighted by atomic mass is 16.2. The number of anilines is 1. The molecular formula is C63H71N6O2+. The van der Waals surface area contributed by atoms with Gasteiger partial charge in [-0.1, -0.05) is 118 Å². The number of fused-ring (bicyclic) bond motifs is 4. The zero-order chi connectivity index (χ0) is 50.5. The lowest BCUT2D eigenvalue weighted by Gasteiger charge is -2.23. The third-order valence-electron chi connectivity index (χ3n) is 14.5. The van der Waals surface area contributed by atoms with E-state index in [-0.39, 0.29) is 22.6 Å². The predicted molar refractivity (Wildman–Crippen MR) is 299 cm³/mol. The van der Waals surface area contributed by atoms with Crippen LogP contribution in [0.25, 0.3) is 43.8 Å². The van der Waals surface area contributed by atoms with Gasteiger partial charge in [-0.15, -0.1) is 0 Å². The fourth-order valence-electron chi connectivity index (χ4n) is 10.5. The molecule has 0 spiro atoms. The minimum atomic E-state index is -0.201. The Morgan fingerprint density at radius 2 is 1.14 bits per heavy atom. The Labute approximate surface area is 421 Å². The van der Waals surface area contributed by atoms with Crippen LogP contribution in [-0.4, -0.2) is 62.4 Å². The van der Waals surface area contributed by atoms with Crippen molar-refractivity contribution in [3.05, 3.63) is 192 Å². The van der Waals surface area contributed by atoms with Crippen molar-refractivity contribution in [1.82, 2.24) is 21.3 Å². The maximum Gasteiger partial charge on any atom is 0.246 e. The summed E-state index contributed by atoms with van der Waals surface area (Å²) in [7, 11) is 4.34. The predicted octanol–water partition coefficient (Wildman–Crippen LogP) is 12.1. The van der Waals surface area contributed by atoms with Gasteiger partial charge in [0.25, 0.3) is 0 Å². The van der Waals surface area contributed by atoms with E-state index in [0.717, 1.165) is 37.1 Å². The molecule has 0 saturated heterocycles. The van der Waals surface area contributed by atoms with Gasteiger partial charge in [-0.25, -0.2) is 0 Å². The van der Waals surface area contributed by atoms with Crippen molar-refractivity contribution in [3.63, 3.8) is 0 Å². The highest BCUT2D eigenvalue weighted by molar-refractivity contribution is 6.07. The summed E-state index contributed by atoms with van der Waals surface area (Å²) in [5, 5.41) is 18.2. The quantitative estimate of drug-likeness (QED) is 0.0214. The zero-order valence-electron chi connectivity index (χ0n) is 43.1. The molecule has 4 N–H and O–H groups in total. The minimum Gasteiger partial charge on any atom is -0.352 e. The third kappa shape index (κ3) is 10.5. The number of hydrogen-bond donors (Lipinski definition) is 4. The largest absolute Gasteiger partial charge is 0.352 e. The van der Waals surface area contributed by atoms with E-state index in [4.69, 9.17) is 0 Å². The number of hydrogen-bond acceptors (Lipinski definition) is 5. The van der Waals surface area contributed by atoms with Crippen LogP contribution in [-0.2, 0) is 33.5 Å². The third-order valence-corrected chi connectivity index (χ3v) is 14.5. The molecule has 0 fully saturated rings. The van der Waals surface area contributed by atoms with E-state index in [9.17, 15) is 9.59 Å². The SMILES string of the molecule is C=C(C)C(=O)NCCCNCc1c2ccccc2c(CNCCCNC(=O)C(=C)C)c2cc(-c3cccc(-c4ccc5c(c4)C(C)(C)C(/C=C/C=C/C=C4\N(C)c6ccccc6C4(C)C)=[N+]5C)c3)ccc12. The molecule has 8 rings (SSSR count). The second-order valence-corrected chi connectivity index (χ2v) is 20.3. The molecule has 0 unspecified atom stereocenters. The first kappa shape index (κ1) is 50.3. The molecule has 0 aliphatic carbocycles. The molecule has 71 heavy (non-hydrogen) atoms. The van der Waals surface area contributed by atoms with Crippen molar-refractivity contribution in [2.24, 2.45) is 0 Å². The molecular weight excluding hydrogens is 873 g/mol. The zero-order valence-corrected chi connectivity index (χ0v) is 43.1. The van der Waals surface area contributed by atoms with E-state index >= 15 is 0 Å². The summed E-state index contributed by atoms with van der Waals surface area (Å²) in [6.45, 7) is 24.3. The van der Waals surface area contributed by atoms with Gasteiger partial charge in [0, 0.05) is 78.9 Å². The van der Waals surface area contributed by atoms with Crippen LogP contribution < -0.4 is 26.2 Å². The van der Waals surface area contributed by atoms with Crippen molar-refractivity contribution in [2.75, 3.05) is 45.2 Å². The van der Waals surface area contributed by atoms with Crippen LogP contribution in [0.2, 0.25) is 0 Å². The minimum absolute atomic E-state index is 0.0574. The lowest BCUT2D eigenvalue weighted by Crippen LogP contribution is -2.27. The van der Waals surface area contributed by atoms with Crippen molar-refractivity contribution in [1.29, 1.82) is 0 Å². The summed E-state index contributed by atoms with van der Waals surface area (Å²) in [4.78, 5) is 26.5. The summed E-state index contributed by atoms with van der Waals surface area (Å²) < 4.78 is 2.34. The standard InChI is InChI=1S/C63H70N6O2/c1-42(2)60(70)66-35-19-33-64-40-52-48-23-14-15-24-49(48)53(41-65-34-20-36-67-61(71)43(3)4)51-38-46(29-31-50(51)52)44-21-18-22-45(37-44)47-30-32-57-55(39-47)63(7,8)59(69(57)10)28-13-11-12-27-58-62(5,6)54-25-16-17-26-56(54)68(58)9/h11-18,21-32,37-39,64-65H,1,3,19-20,33-36,40-41H2,2,4-10H3,(H-,66,67,70,71)/p+1. The van der Waals surface area contributed by atoms with Gasteiger partial charge in [-0.05, 0) is 151 Å². The number of amides is 2.